The molecule has 8 heteroatoms. The predicted molar refractivity (Wildman–Crippen MR) is 123 cm³/mol. The Morgan fingerprint density at radius 1 is 1.12 bits per heavy atom. The van der Waals surface area contributed by atoms with Gasteiger partial charge >= 0.3 is 0 Å². The van der Waals surface area contributed by atoms with Crippen molar-refractivity contribution < 1.29 is 14.3 Å². The van der Waals surface area contributed by atoms with Crippen LogP contribution in [0.4, 0.5) is 5.82 Å². The molecular formula is C25H29N5O3. The molecule has 0 atom stereocenters. The maximum Gasteiger partial charge on any atom is 0.272 e. The van der Waals surface area contributed by atoms with Crippen molar-refractivity contribution in [2.45, 2.75) is 57.6 Å². The largest absolute Gasteiger partial charge is 0.490 e. The van der Waals surface area contributed by atoms with Crippen LogP contribution >= 0.6 is 0 Å². The molecule has 0 spiro atoms. The van der Waals surface area contributed by atoms with Crippen LogP contribution in [0.5, 0.6) is 5.75 Å². The summed E-state index contributed by atoms with van der Waals surface area (Å²) in [5.74, 6) is 1.45. The number of hydrogen-bond acceptors (Lipinski definition) is 7. The van der Waals surface area contributed by atoms with Crippen molar-refractivity contribution >= 4 is 18.0 Å². The molecule has 0 bridgehead atoms. The maximum atomic E-state index is 12.6. The summed E-state index contributed by atoms with van der Waals surface area (Å²) >= 11 is 0. The molecule has 2 heterocycles. The van der Waals surface area contributed by atoms with E-state index >= 15 is 0 Å². The van der Waals surface area contributed by atoms with Crippen LogP contribution in [0, 0.1) is 24.2 Å². The van der Waals surface area contributed by atoms with Gasteiger partial charge in [0.2, 0.25) is 0 Å². The number of rotatable bonds is 6. The Balaban J connectivity index is 1.24. The first kappa shape index (κ1) is 22.7. The normalized spacial score (nSPS) is 21.2. The minimum absolute atomic E-state index is 0.0869. The summed E-state index contributed by atoms with van der Waals surface area (Å²) in [7, 11) is 0. The lowest BCUT2D eigenvalue weighted by atomic mass is 9.92. The third kappa shape index (κ3) is 5.67. The molecule has 1 aliphatic heterocycles. The standard InChI is InChI=1S/C25H29N5O3/c1-17-14-22(5-2-19(17)15-26)33-21-6-3-20(4-7-21)27-25(32)23-8-9-24(29-28-23)30-12-10-18(16-31)11-13-30/h2,5,8-9,14,16,18,20-21H,3-4,6-7,10-13H2,1H3,(H,27,32). The molecule has 4 rings (SSSR count). The highest BCUT2D eigenvalue weighted by Crippen LogP contribution is 2.26. The number of benzene rings is 1. The van der Waals surface area contributed by atoms with Crippen molar-refractivity contribution in [3.63, 3.8) is 0 Å². The lowest BCUT2D eigenvalue weighted by Gasteiger charge is -2.30. The highest BCUT2D eigenvalue weighted by atomic mass is 16.5. The SMILES string of the molecule is Cc1cc(OC2CCC(NC(=O)c3ccc(N4CCC(C=O)CC4)nn3)CC2)ccc1C#N. The smallest absolute Gasteiger partial charge is 0.272 e. The molecule has 2 fully saturated rings. The molecule has 0 radical (unpaired) electrons. The van der Waals surface area contributed by atoms with Crippen LogP contribution in [0.15, 0.2) is 30.3 Å². The number of piperidine rings is 1. The minimum atomic E-state index is -0.208. The maximum absolute atomic E-state index is 12.6. The Kier molecular flexibility index (Phi) is 7.18. The first-order valence-electron chi connectivity index (χ1n) is 11.6. The van der Waals surface area contributed by atoms with Crippen molar-refractivity contribution in [1.82, 2.24) is 15.5 Å². The number of carbonyl (C=O) groups is 2. The molecule has 1 N–H and O–H groups in total. The number of hydrogen-bond donors (Lipinski definition) is 1. The van der Waals surface area contributed by atoms with E-state index in [0.29, 0.717) is 11.3 Å². The number of aryl methyl sites for hydroxylation is 1. The average molecular weight is 448 g/mol. The number of carbonyl (C=O) groups excluding carboxylic acids is 2. The molecule has 8 nitrogen and oxygen atoms in total. The van der Waals surface area contributed by atoms with E-state index in [1.807, 2.05) is 25.1 Å². The molecule has 1 saturated carbocycles. The fourth-order valence-corrected chi connectivity index (χ4v) is 4.49. The summed E-state index contributed by atoms with van der Waals surface area (Å²) in [5, 5.41) is 20.5. The molecule has 1 amide bonds. The third-order valence-electron chi connectivity index (χ3n) is 6.57. The number of nitrogens with one attached hydrogen (secondary N) is 1. The number of aldehydes is 1. The molecule has 2 aromatic rings. The predicted octanol–water partition coefficient (Wildman–Crippen LogP) is 3.19. The van der Waals surface area contributed by atoms with Gasteiger partial charge in [-0.2, -0.15) is 5.26 Å². The summed E-state index contributed by atoms with van der Waals surface area (Å²) in [4.78, 5) is 25.6. The molecule has 0 unspecified atom stereocenters. The van der Waals surface area contributed by atoms with E-state index in [-0.39, 0.29) is 24.0 Å². The van der Waals surface area contributed by atoms with Gasteiger partial charge in [0.15, 0.2) is 11.5 Å². The number of nitriles is 1. The molecule has 1 aromatic heterocycles. The van der Waals surface area contributed by atoms with E-state index in [2.05, 4.69) is 26.5 Å². The van der Waals surface area contributed by atoms with Crippen molar-refractivity contribution in [3.05, 3.63) is 47.2 Å². The van der Waals surface area contributed by atoms with Crippen molar-refractivity contribution in [3.8, 4) is 11.8 Å². The molecule has 1 saturated heterocycles. The number of ether oxygens (including phenoxy) is 1. The van der Waals surface area contributed by atoms with Crippen LogP contribution in [-0.2, 0) is 4.79 Å². The van der Waals surface area contributed by atoms with E-state index in [4.69, 9.17) is 10.00 Å². The lowest BCUT2D eigenvalue weighted by molar-refractivity contribution is -0.111. The van der Waals surface area contributed by atoms with Gasteiger partial charge in [-0.1, -0.05) is 0 Å². The number of anilines is 1. The van der Waals surface area contributed by atoms with Gasteiger partial charge in [-0.15, -0.1) is 10.2 Å². The molecular weight excluding hydrogens is 418 g/mol. The van der Waals surface area contributed by atoms with Gasteiger partial charge in [-0.05, 0) is 81.3 Å². The average Bonchev–Trinajstić information content (AvgIpc) is 2.85. The third-order valence-corrected chi connectivity index (χ3v) is 6.57. The highest BCUT2D eigenvalue weighted by molar-refractivity contribution is 5.92. The van der Waals surface area contributed by atoms with Crippen LogP contribution in [-0.4, -0.2) is 47.6 Å². The van der Waals surface area contributed by atoms with Crippen LogP contribution in [0.3, 0.4) is 0 Å². The van der Waals surface area contributed by atoms with Crippen LogP contribution < -0.4 is 15.0 Å². The van der Waals surface area contributed by atoms with Gasteiger partial charge in [0.1, 0.15) is 12.0 Å². The summed E-state index contributed by atoms with van der Waals surface area (Å²) in [5.41, 5.74) is 1.88. The number of nitrogens with zero attached hydrogens (tertiary/aromatic N) is 4. The first-order chi connectivity index (χ1) is 16.1. The van der Waals surface area contributed by atoms with Gasteiger partial charge in [-0.3, -0.25) is 4.79 Å². The Hall–Kier alpha value is -3.47. The number of aromatic nitrogens is 2. The van der Waals surface area contributed by atoms with Gasteiger partial charge in [0, 0.05) is 25.0 Å². The second-order valence-electron chi connectivity index (χ2n) is 8.89. The van der Waals surface area contributed by atoms with Crippen molar-refractivity contribution in [1.29, 1.82) is 5.26 Å². The fraction of sp³-hybridized carbons (Fsp3) is 0.480. The first-order valence-corrected chi connectivity index (χ1v) is 11.6. The Morgan fingerprint density at radius 3 is 2.48 bits per heavy atom. The molecule has 1 aliphatic carbocycles. The molecule has 2 aliphatic rings. The van der Waals surface area contributed by atoms with E-state index < -0.39 is 0 Å². The van der Waals surface area contributed by atoms with E-state index in [1.165, 1.54) is 0 Å². The van der Waals surface area contributed by atoms with Crippen molar-refractivity contribution in [2.24, 2.45) is 5.92 Å². The van der Waals surface area contributed by atoms with E-state index in [9.17, 15) is 9.59 Å². The van der Waals surface area contributed by atoms with Gasteiger partial charge in [0.25, 0.3) is 5.91 Å². The topological polar surface area (TPSA) is 108 Å². The fourth-order valence-electron chi connectivity index (χ4n) is 4.49. The second kappa shape index (κ2) is 10.4. The molecule has 1 aromatic carbocycles. The summed E-state index contributed by atoms with van der Waals surface area (Å²) in [6.07, 6.45) is 6.16. The van der Waals surface area contributed by atoms with Gasteiger partial charge in [-0.25, -0.2) is 0 Å². The van der Waals surface area contributed by atoms with Crippen LogP contribution in [0.2, 0.25) is 0 Å². The highest BCUT2D eigenvalue weighted by Gasteiger charge is 2.25. The summed E-state index contributed by atoms with van der Waals surface area (Å²) < 4.78 is 6.09. The summed E-state index contributed by atoms with van der Waals surface area (Å²) in [6.45, 7) is 3.46. The number of amides is 1. The van der Waals surface area contributed by atoms with Gasteiger partial charge < -0.3 is 19.7 Å². The molecule has 172 valence electrons. The second-order valence-corrected chi connectivity index (χ2v) is 8.89. The zero-order valence-corrected chi connectivity index (χ0v) is 18.9. The zero-order chi connectivity index (χ0) is 23.2. The molecule has 33 heavy (non-hydrogen) atoms. The van der Waals surface area contributed by atoms with Gasteiger partial charge in [0.05, 0.1) is 17.7 Å². The summed E-state index contributed by atoms with van der Waals surface area (Å²) in [6, 6.07) is 11.3. The lowest BCUT2D eigenvalue weighted by Crippen LogP contribution is -2.40. The Morgan fingerprint density at radius 2 is 1.88 bits per heavy atom. The van der Waals surface area contributed by atoms with E-state index in [0.717, 1.165) is 75.0 Å². The zero-order valence-electron chi connectivity index (χ0n) is 18.9. The Bertz CT molecular complexity index is 1020. The quantitative estimate of drug-likeness (QED) is 0.678. The van der Waals surface area contributed by atoms with Crippen LogP contribution in [0.1, 0.15) is 60.1 Å². The Labute approximate surface area is 193 Å². The van der Waals surface area contributed by atoms with Crippen LogP contribution in [0.25, 0.3) is 0 Å². The minimum Gasteiger partial charge on any atom is -0.490 e. The van der Waals surface area contributed by atoms with Crippen molar-refractivity contribution in [2.75, 3.05) is 18.0 Å². The monoisotopic (exact) mass is 447 g/mol. The van der Waals surface area contributed by atoms with E-state index in [1.54, 1.807) is 12.1 Å².